The van der Waals surface area contributed by atoms with Crippen molar-refractivity contribution in [3.63, 3.8) is 0 Å². The molecule has 13 nitrogen and oxygen atoms in total. The van der Waals surface area contributed by atoms with Crippen LogP contribution in [0, 0.1) is 23.5 Å². The highest BCUT2D eigenvalue weighted by atomic mass is 35.5. The smallest absolute Gasteiger partial charge is 0.411 e. The normalized spacial score (nSPS) is 19.9. The van der Waals surface area contributed by atoms with Crippen LogP contribution in [0.25, 0.3) is 0 Å². The Balaban J connectivity index is 0.926. The summed E-state index contributed by atoms with van der Waals surface area (Å²) in [6, 6.07) is 16.9. The molecular weight excluding hydrogens is 906 g/mol. The maximum atomic E-state index is 14.7. The first-order valence-electron chi connectivity index (χ1n) is 24.8. The van der Waals surface area contributed by atoms with E-state index >= 15 is 0 Å². The molecule has 4 aliphatic rings. The molecule has 69 heavy (non-hydrogen) atoms. The Labute approximate surface area is 410 Å². The Morgan fingerprint density at radius 2 is 1.52 bits per heavy atom. The minimum Gasteiger partial charge on any atom is -0.481 e. The van der Waals surface area contributed by atoms with E-state index < -0.39 is 41.3 Å². The summed E-state index contributed by atoms with van der Waals surface area (Å²) in [7, 11) is 0. The minimum absolute atomic E-state index is 0.0305. The van der Waals surface area contributed by atoms with Crippen LogP contribution in [0.4, 0.5) is 13.6 Å². The van der Waals surface area contributed by atoms with Crippen molar-refractivity contribution in [3.05, 3.63) is 106 Å². The van der Waals surface area contributed by atoms with Crippen molar-refractivity contribution in [3.8, 4) is 0 Å². The third-order valence-electron chi connectivity index (χ3n) is 14.3. The molecule has 3 saturated heterocycles. The number of likely N-dealkylation sites (tertiary alicyclic amines) is 2. The van der Waals surface area contributed by atoms with E-state index in [0.717, 1.165) is 112 Å². The predicted octanol–water partition coefficient (Wildman–Crippen LogP) is 8.16. The van der Waals surface area contributed by atoms with E-state index in [2.05, 4.69) is 15.1 Å². The minimum atomic E-state index is -0.868. The molecular formula is C53H69ClF2N6O7. The summed E-state index contributed by atoms with van der Waals surface area (Å²) in [4.78, 5) is 77.3. The highest BCUT2D eigenvalue weighted by molar-refractivity contribution is 6.30. The van der Waals surface area contributed by atoms with Gasteiger partial charge in [-0.3, -0.25) is 29.0 Å². The van der Waals surface area contributed by atoms with Crippen LogP contribution in [-0.4, -0.2) is 143 Å². The Bertz CT molecular complexity index is 2260. The molecule has 0 bridgehead atoms. The van der Waals surface area contributed by atoms with Gasteiger partial charge in [0.25, 0.3) is 5.91 Å². The number of ether oxygens (including phenoxy) is 1. The van der Waals surface area contributed by atoms with Gasteiger partial charge in [-0.2, -0.15) is 0 Å². The molecule has 1 saturated carbocycles. The molecule has 3 heterocycles. The number of carbonyl (C=O) groups excluding carboxylic acids is 4. The first-order chi connectivity index (χ1) is 33.0. The van der Waals surface area contributed by atoms with Crippen molar-refractivity contribution >= 4 is 41.4 Å². The van der Waals surface area contributed by atoms with Gasteiger partial charge < -0.3 is 29.9 Å². The number of hydrogen-bond acceptors (Lipinski definition) is 8. The highest BCUT2D eigenvalue weighted by Gasteiger charge is 2.37. The number of nitrogens with one attached hydrogen (secondary N) is 1. The molecule has 2 N–H and O–H groups in total. The van der Waals surface area contributed by atoms with Crippen molar-refractivity contribution in [2.45, 2.75) is 109 Å². The van der Waals surface area contributed by atoms with E-state index in [-0.39, 0.29) is 48.2 Å². The SMILES string of the molecule is CC(C)(C)OC(=O)N(CC(=O)N1CCCC(c2cccc(C(=O)N[C@@H](C(=O)N3CCN(CC4CCN(CC(C(=O)O)c5ccc(Cl)cc5)CC4)CC3)C3CCCCC3)c2)C1)Cc1ccc(F)cc1F. The topological polar surface area (TPSA) is 143 Å². The summed E-state index contributed by atoms with van der Waals surface area (Å²) in [5.41, 5.74) is 1.28. The quantitative estimate of drug-likeness (QED) is 0.154. The zero-order valence-corrected chi connectivity index (χ0v) is 41.1. The standard InChI is InChI=1S/C53H69ClF2N6O7/c1-53(2,3)69-52(68)62(33-42-16-19-44(55)30-46(42)56)35-47(63)61-22-8-13-41(32-61)39-11-7-12-40(29-39)49(64)57-48(38-9-5-4-6-10-38)50(65)60-27-25-59(26-28-60)31-36-20-23-58(24-21-36)34-45(51(66)67)37-14-17-43(54)18-15-37/h7,11-12,14-19,29-30,36,38,41,45,48H,4-6,8-10,13,20-28,31-35H2,1-3H3,(H,57,64)(H,66,67)/t41?,45?,48-/m1/s1. The van der Waals surface area contributed by atoms with Crippen LogP contribution in [0.3, 0.4) is 0 Å². The van der Waals surface area contributed by atoms with Gasteiger partial charge in [0.05, 0.1) is 12.5 Å². The summed E-state index contributed by atoms with van der Waals surface area (Å²) in [6.45, 7) is 11.0. The summed E-state index contributed by atoms with van der Waals surface area (Å²) >= 11 is 6.04. The average Bonchev–Trinajstić information content (AvgIpc) is 3.33. The van der Waals surface area contributed by atoms with Crippen molar-refractivity contribution in [1.29, 1.82) is 0 Å². The van der Waals surface area contributed by atoms with E-state index in [0.29, 0.717) is 55.6 Å². The number of amides is 4. The van der Waals surface area contributed by atoms with Gasteiger partial charge in [0.15, 0.2) is 0 Å². The lowest BCUT2D eigenvalue weighted by Gasteiger charge is -2.41. The lowest BCUT2D eigenvalue weighted by molar-refractivity contribution is -0.139. The number of piperazine rings is 1. The Morgan fingerprint density at radius 3 is 2.19 bits per heavy atom. The van der Waals surface area contributed by atoms with Gasteiger partial charge in [0.2, 0.25) is 11.8 Å². The number of rotatable bonds is 15. The molecule has 374 valence electrons. The van der Waals surface area contributed by atoms with E-state index in [9.17, 15) is 37.9 Å². The van der Waals surface area contributed by atoms with Crippen LogP contribution >= 0.6 is 11.6 Å². The fourth-order valence-corrected chi connectivity index (χ4v) is 10.6. The van der Waals surface area contributed by atoms with Crippen molar-refractivity contribution in [1.82, 2.24) is 29.8 Å². The van der Waals surface area contributed by atoms with Gasteiger partial charge in [-0.25, -0.2) is 13.6 Å². The van der Waals surface area contributed by atoms with Gasteiger partial charge in [-0.05, 0) is 126 Å². The van der Waals surface area contributed by atoms with Gasteiger partial charge in [0.1, 0.15) is 29.8 Å². The van der Waals surface area contributed by atoms with E-state index in [1.54, 1.807) is 56.0 Å². The Morgan fingerprint density at radius 1 is 0.812 bits per heavy atom. The molecule has 4 amide bonds. The van der Waals surface area contributed by atoms with Gasteiger partial charge >= 0.3 is 12.1 Å². The summed E-state index contributed by atoms with van der Waals surface area (Å²) < 4.78 is 34.0. The van der Waals surface area contributed by atoms with Crippen molar-refractivity contribution in [2.75, 3.05) is 72.0 Å². The fraction of sp³-hybridized carbons (Fsp3) is 0.566. The summed E-state index contributed by atoms with van der Waals surface area (Å²) in [6.07, 6.45) is 7.53. The zero-order chi connectivity index (χ0) is 49.2. The maximum absolute atomic E-state index is 14.7. The van der Waals surface area contributed by atoms with Crippen molar-refractivity contribution < 1.29 is 42.6 Å². The first kappa shape index (κ1) is 51.7. The number of hydrogen-bond donors (Lipinski definition) is 2. The fourth-order valence-electron chi connectivity index (χ4n) is 10.5. The number of carboxylic acid groups (broad SMARTS) is 1. The number of halogens is 3. The molecule has 2 unspecified atom stereocenters. The number of piperidine rings is 2. The molecule has 3 atom stereocenters. The van der Waals surface area contributed by atoms with Crippen LogP contribution < -0.4 is 5.32 Å². The Kier molecular flexibility index (Phi) is 17.7. The summed E-state index contributed by atoms with van der Waals surface area (Å²) in [5.74, 6) is -3.25. The number of benzene rings is 3. The summed E-state index contributed by atoms with van der Waals surface area (Å²) in [5, 5.41) is 13.8. The third kappa shape index (κ3) is 14.5. The highest BCUT2D eigenvalue weighted by Crippen LogP contribution is 2.31. The average molecular weight is 976 g/mol. The Hall–Kier alpha value is -5.12. The molecule has 0 spiro atoms. The van der Waals surface area contributed by atoms with Crippen LogP contribution in [0.2, 0.25) is 5.02 Å². The largest absolute Gasteiger partial charge is 0.481 e. The molecule has 7 rings (SSSR count). The van der Waals surface area contributed by atoms with E-state index in [4.69, 9.17) is 16.3 Å². The van der Waals surface area contributed by atoms with Crippen molar-refractivity contribution in [2.24, 2.45) is 11.8 Å². The maximum Gasteiger partial charge on any atom is 0.411 e. The number of nitrogens with zero attached hydrogens (tertiary/aromatic N) is 5. The molecule has 0 aromatic heterocycles. The van der Waals surface area contributed by atoms with Gasteiger partial charge in [-0.1, -0.05) is 61.2 Å². The second-order valence-corrected chi connectivity index (χ2v) is 21.0. The second-order valence-electron chi connectivity index (χ2n) is 20.5. The van der Waals surface area contributed by atoms with E-state index in [1.807, 2.05) is 23.1 Å². The zero-order valence-electron chi connectivity index (χ0n) is 40.4. The lowest BCUT2D eigenvalue weighted by Crippen LogP contribution is -2.57. The van der Waals surface area contributed by atoms with Gasteiger partial charge in [0, 0.05) is 80.5 Å². The molecule has 16 heteroatoms. The van der Waals surface area contributed by atoms with Gasteiger partial charge in [-0.15, -0.1) is 0 Å². The number of carbonyl (C=O) groups is 5. The van der Waals surface area contributed by atoms with E-state index in [1.165, 1.54) is 6.07 Å². The molecule has 0 radical (unpaired) electrons. The number of carboxylic acids is 1. The first-order valence-corrected chi connectivity index (χ1v) is 25.2. The van der Waals surface area contributed by atoms with Crippen LogP contribution in [0.5, 0.6) is 0 Å². The lowest BCUT2D eigenvalue weighted by atomic mass is 9.83. The molecule has 3 aromatic rings. The molecule has 1 aliphatic carbocycles. The van der Waals surface area contributed by atoms with Crippen LogP contribution in [0.1, 0.15) is 117 Å². The predicted molar refractivity (Wildman–Crippen MR) is 260 cm³/mol. The van der Waals surface area contributed by atoms with Crippen LogP contribution in [0.15, 0.2) is 66.7 Å². The number of aliphatic carboxylic acids is 1. The molecule has 3 aliphatic heterocycles. The monoisotopic (exact) mass is 974 g/mol. The second kappa shape index (κ2) is 23.7. The van der Waals surface area contributed by atoms with Crippen LogP contribution in [-0.2, 0) is 25.7 Å². The molecule has 3 aromatic carbocycles. The third-order valence-corrected chi connectivity index (χ3v) is 14.6. The molecule has 4 fully saturated rings.